The molecule has 0 aliphatic heterocycles. The molecule has 3 heteroatoms. The van der Waals surface area contributed by atoms with Crippen LogP contribution in [0.15, 0.2) is 0 Å². The normalized spacial score (nSPS) is 11.6. The summed E-state index contributed by atoms with van der Waals surface area (Å²) in [7, 11) is 0. The van der Waals surface area contributed by atoms with Gasteiger partial charge >= 0.3 is 0 Å². The smallest absolute Gasteiger partial charge is 0.218 e. The number of hydrogen-bond donors (Lipinski definition) is 1. The zero-order chi connectivity index (χ0) is 11.1. The fraction of sp³-hybridized carbons (Fsp3) is 0.909. The van der Waals surface area contributed by atoms with E-state index in [1.54, 1.807) is 0 Å². The molecular formula is C11H24N2O. The second-order valence-electron chi connectivity index (χ2n) is 4.76. The van der Waals surface area contributed by atoms with Crippen molar-refractivity contribution in [2.45, 2.75) is 34.1 Å². The molecule has 14 heavy (non-hydrogen) atoms. The Morgan fingerprint density at radius 1 is 1.14 bits per heavy atom. The van der Waals surface area contributed by atoms with Gasteiger partial charge < -0.3 is 10.6 Å². The highest BCUT2D eigenvalue weighted by molar-refractivity contribution is 5.73. The van der Waals surface area contributed by atoms with Crippen molar-refractivity contribution in [1.29, 1.82) is 0 Å². The molecule has 0 unspecified atom stereocenters. The fourth-order valence-electron chi connectivity index (χ4n) is 1.56. The topological polar surface area (TPSA) is 46.3 Å². The van der Waals surface area contributed by atoms with Crippen LogP contribution in [0.3, 0.4) is 0 Å². The zero-order valence-electron chi connectivity index (χ0n) is 9.92. The molecule has 0 rings (SSSR count). The first kappa shape index (κ1) is 13.4. The Morgan fingerprint density at radius 2 is 1.57 bits per heavy atom. The van der Waals surface area contributed by atoms with Gasteiger partial charge in [-0.1, -0.05) is 27.7 Å². The van der Waals surface area contributed by atoms with E-state index in [4.69, 9.17) is 5.73 Å². The van der Waals surface area contributed by atoms with E-state index in [0.717, 1.165) is 19.6 Å². The van der Waals surface area contributed by atoms with Gasteiger partial charge in [0.15, 0.2) is 0 Å². The van der Waals surface area contributed by atoms with Crippen LogP contribution in [-0.4, -0.2) is 30.4 Å². The van der Waals surface area contributed by atoms with Gasteiger partial charge in [0.05, 0.1) is 0 Å². The summed E-state index contributed by atoms with van der Waals surface area (Å²) < 4.78 is 0. The molecule has 0 aliphatic carbocycles. The first-order valence-electron chi connectivity index (χ1n) is 5.42. The Kier molecular flexibility index (Phi) is 6.54. The number of hydrogen-bond acceptors (Lipinski definition) is 2. The highest BCUT2D eigenvalue weighted by atomic mass is 16.1. The Morgan fingerprint density at radius 3 is 1.86 bits per heavy atom. The van der Waals surface area contributed by atoms with Gasteiger partial charge in [-0.3, -0.25) is 4.79 Å². The Balaban J connectivity index is 3.90. The van der Waals surface area contributed by atoms with Crippen molar-refractivity contribution in [3.8, 4) is 0 Å². The van der Waals surface area contributed by atoms with E-state index in [-0.39, 0.29) is 5.91 Å². The number of rotatable bonds is 7. The summed E-state index contributed by atoms with van der Waals surface area (Å²) in [5.74, 6) is 1.07. The third-order valence-corrected chi connectivity index (χ3v) is 1.92. The second-order valence-corrected chi connectivity index (χ2v) is 4.76. The SMILES string of the molecule is CC(C)CN(CCC(N)=O)CC(C)C. The summed E-state index contributed by atoms with van der Waals surface area (Å²) in [6.07, 6.45) is 0.472. The van der Waals surface area contributed by atoms with E-state index < -0.39 is 0 Å². The minimum absolute atomic E-state index is 0.206. The molecule has 84 valence electrons. The molecule has 1 amide bonds. The summed E-state index contributed by atoms with van der Waals surface area (Å²) in [4.78, 5) is 13.0. The minimum Gasteiger partial charge on any atom is -0.370 e. The van der Waals surface area contributed by atoms with Crippen molar-refractivity contribution in [1.82, 2.24) is 4.90 Å². The van der Waals surface area contributed by atoms with Crippen molar-refractivity contribution >= 4 is 5.91 Å². The van der Waals surface area contributed by atoms with E-state index in [1.807, 2.05) is 0 Å². The predicted octanol–water partition coefficient (Wildman–Crippen LogP) is 1.48. The molecule has 0 aromatic rings. The highest BCUT2D eigenvalue weighted by Crippen LogP contribution is 2.04. The lowest BCUT2D eigenvalue weighted by Crippen LogP contribution is -2.34. The minimum atomic E-state index is -0.206. The maximum atomic E-state index is 10.7. The molecule has 3 nitrogen and oxygen atoms in total. The highest BCUT2D eigenvalue weighted by Gasteiger charge is 2.09. The summed E-state index contributed by atoms with van der Waals surface area (Å²) in [5, 5.41) is 0. The molecule has 2 N–H and O–H groups in total. The molecule has 0 aromatic carbocycles. The standard InChI is InChI=1S/C11H24N2O/c1-9(2)7-13(8-10(3)4)6-5-11(12)14/h9-10H,5-8H2,1-4H3,(H2,12,14). The molecule has 0 aliphatic rings. The van der Waals surface area contributed by atoms with Crippen molar-refractivity contribution in [2.24, 2.45) is 17.6 Å². The van der Waals surface area contributed by atoms with Gasteiger partial charge in [0.1, 0.15) is 0 Å². The summed E-state index contributed by atoms with van der Waals surface area (Å²) in [6, 6.07) is 0. The molecule has 0 aromatic heterocycles. The number of primary amides is 1. The Hall–Kier alpha value is -0.570. The van der Waals surface area contributed by atoms with Crippen molar-refractivity contribution in [3.05, 3.63) is 0 Å². The van der Waals surface area contributed by atoms with Crippen LogP contribution >= 0.6 is 0 Å². The largest absolute Gasteiger partial charge is 0.370 e. The third-order valence-electron chi connectivity index (χ3n) is 1.92. The van der Waals surface area contributed by atoms with E-state index in [2.05, 4.69) is 32.6 Å². The molecule has 0 atom stereocenters. The van der Waals surface area contributed by atoms with Crippen LogP contribution in [0.4, 0.5) is 0 Å². The average molecular weight is 200 g/mol. The third kappa shape index (κ3) is 8.05. The number of nitrogens with zero attached hydrogens (tertiary/aromatic N) is 1. The monoisotopic (exact) mass is 200 g/mol. The van der Waals surface area contributed by atoms with Crippen LogP contribution in [0.2, 0.25) is 0 Å². The van der Waals surface area contributed by atoms with Gasteiger partial charge in [-0.25, -0.2) is 0 Å². The average Bonchev–Trinajstić information content (AvgIpc) is 1.97. The second kappa shape index (κ2) is 6.82. The molecular weight excluding hydrogens is 176 g/mol. The number of amides is 1. The van der Waals surface area contributed by atoms with Crippen LogP contribution in [0.5, 0.6) is 0 Å². The van der Waals surface area contributed by atoms with Gasteiger partial charge in [-0.2, -0.15) is 0 Å². The number of carbonyl (C=O) groups is 1. The summed E-state index contributed by atoms with van der Waals surface area (Å²) in [5.41, 5.74) is 5.14. The molecule has 0 saturated carbocycles. The van der Waals surface area contributed by atoms with Crippen molar-refractivity contribution in [2.75, 3.05) is 19.6 Å². The lowest BCUT2D eigenvalue weighted by atomic mass is 10.1. The van der Waals surface area contributed by atoms with E-state index in [0.29, 0.717) is 18.3 Å². The first-order valence-corrected chi connectivity index (χ1v) is 5.42. The lowest BCUT2D eigenvalue weighted by molar-refractivity contribution is -0.118. The zero-order valence-corrected chi connectivity index (χ0v) is 9.92. The van der Waals surface area contributed by atoms with E-state index >= 15 is 0 Å². The Bertz CT molecular complexity index is 157. The van der Waals surface area contributed by atoms with Gasteiger partial charge in [0.25, 0.3) is 0 Å². The van der Waals surface area contributed by atoms with E-state index in [9.17, 15) is 4.79 Å². The van der Waals surface area contributed by atoms with E-state index in [1.165, 1.54) is 0 Å². The van der Waals surface area contributed by atoms with Crippen LogP contribution in [0.25, 0.3) is 0 Å². The first-order chi connectivity index (χ1) is 6.41. The molecule has 0 radical (unpaired) electrons. The van der Waals surface area contributed by atoms with Gasteiger partial charge in [0.2, 0.25) is 5.91 Å². The quantitative estimate of drug-likeness (QED) is 0.676. The van der Waals surface area contributed by atoms with Crippen molar-refractivity contribution in [3.63, 3.8) is 0 Å². The summed E-state index contributed by atoms with van der Waals surface area (Å²) in [6.45, 7) is 11.7. The molecule has 0 saturated heterocycles. The maximum absolute atomic E-state index is 10.7. The molecule has 0 bridgehead atoms. The molecule has 0 heterocycles. The van der Waals surface area contributed by atoms with Crippen LogP contribution in [-0.2, 0) is 4.79 Å². The predicted molar refractivity (Wildman–Crippen MR) is 59.9 cm³/mol. The van der Waals surface area contributed by atoms with Gasteiger partial charge in [0, 0.05) is 26.1 Å². The summed E-state index contributed by atoms with van der Waals surface area (Å²) >= 11 is 0. The Labute approximate surface area is 87.6 Å². The van der Waals surface area contributed by atoms with Crippen LogP contribution in [0, 0.1) is 11.8 Å². The number of nitrogens with two attached hydrogens (primary N) is 1. The lowest BCUT2D eigenvalue weighted by Gasteiger charge is -2.25. The fourth-order valence-corrected chi connectivity index (χ4v) is 1.56. The van der Waals surface area contributed by atoms with Gasteiger partial charge in [-0.15, -0.1) is 0 Å². The van der Waals surface area contributed by atoms with Crippen LogP contribution in [0.1, 0.15) is 34.1 Å². The van der Waals surface area contributed by atoms with Gasteiger partial charge in [-0.05, 0) is 11.8 Å². The van der Waals surface area contributed by atoms with Crippen molar-refractivity contribution < 1.29 is 4.79 Å². The maximum Gasteiger partial charge on any atom is 0.218 e. The van der Waals surface area contributed by atoms with Crippen LogP contribution < -0.4 is 5.73 Å². The molecule has 0 spiro atoms. The molecule has 0 fully saturated rings. The number of carbonyl (C=O) groups excluding carboxylic acids is 1.